The number of rotatable bonds is 2. The first-order valence-electron chi connectivity index (χ1n) is 4.74. The Labute approximate surface area is 80.4 Å². The topological polar surface area (TPSA) is 9.23 Å². The van der Waals surface area contributed by atoms with Gasteiger partial charge in [0.1, 0.15) is 5.56 Å². The molecule has 0 amide bonds. The average molecular weight is 191 g/mol. The average Bonchev–Trinajstić information content (AvgIpc) is 2.31. The molecular formula is C10H19ClO. The van der Waals surface area contributed by atoms with Gasteiger partial charge in [-0.05, 0) is 11.3 Å². The van der Waals surface area contributed by atoms with Crippen LogP contribution in [0.15, 0.2) is 0 Å². The first kappa shape index (κ1) is 10.3. The van der Waals surface area contributed by atoms with Crippen molar-refractivity contribution in [1.29, 1.82) is 0 Å². The normalized spacial score (nSPS) is 37.2. The quantitative estimate of drug-likeness (QED) is 0.608. The fourth-order valence-electron chi connectivity index (χ4n) is 2.07. The molecule has 0 aromatic rings. The lowest BCUT2D eigenvalue weighted by Gasteiger charge is -2.34. The fraction of sp³-hybridized carbons (Fsp3) is 1.00. The van der Waals surface area contributed by atoms with E-state index in [0.29, 0.717) is 17.3 Å². The zero-order chi connectivity index (χ0) is 9.35. The lowest BCUT2D eigenvalue weighted by atomic mass is 9.72. The predicted molar refractivity (Wildman–Crippen MR) is 52.3 cm³/mol. The molecule has 0 aromatic carbocycles. The van der Waals surface area contributed by atoms with Crippen molar-refractivity contribution < 1.29 is 4.74 Å². The summed E-state index contributed by atoms with van der Waals surface area (Å²) < 4.78 is 5.43. The van der Waals surface area contributed by atoms with E-state index in [1.165, 1.54) is 0 Å². The van der Waals surface area contributed by atoms with Crippen molar-refractivity contribution in [2.45, 2.75) is 39.7 Å². The van der Waals surface area contributed by atoms with E-state index in [4.69, 9.17) is 16.3 Å². The molecule has 72 valence electrons. The van der Waals surface area contributed by atoms with Crippen molar-refractivity contribution in [1.82, 2.24) is 0 Å². The molecule has 1 saturated heterocycles. The van der Waals surface area contributed by atoms with Crippen molar-refractivity contribution in [3.05, 3.63) is 0 Å². The molecule has 0 aliphatic carbocycles. The van der Waals surface area contributed by atoms with Gasteiger partial charge < -0.3 is 4.74 Å². The summed E-state index contributed by atoms with van der Waals surface area (Å²) in [5.74, 6) is 1.10. The predicted octanol–water partition coefficient (Wildman–Crippen LogP) is 3.27. The smallest absolute Gasteiger partial charge is 0.134 e. The van der Waals surface area contributed by atoms with Crippen LogP contribution in [-0.2, 0) is 4.74 Å². The van der Waals surface area contributed by atoms with Crippen molar-refractivity contribution in [2.24, 2.45) is 17.3 Å². The Morgan fingerprint density at radius 3 is 2.42 bits per heavy atom. The van der Waals surface area contributed by atoms with Gasteiger partial charge in [0.05, 0.1) is 6.61 Å². The molecule has 0 aromatic heterocycles. The molecule has 12 heavy (non-hydrogen) atoms. The molecule has 2 heteroatoms. The Morgan fingerprint density at radius 2 is 2.08 bits per heavy atom. The van der Waals surface area contributed by atoms with Gasteiger partial charge in [0, 0.05) is 5.92 Å². The number of hydrogen-bond acceptors (Lipinski definition) is 1. The van der Waals surface area contributed by atoms with Gasteiger partial charge in [0.15, 0.2) is 0 Å². The molecule has 1 nitrogen and oxygen atoms in total. The van der Waals surface area contributed by atoms with Gasteiger partial charge in [-0.2, -0.15) is 0 Å². The third-order valence-corrected chi connectivity index (χ3v) is 3.62. The van der Waals surface area contributed by atoms with Gasteiger partial charge >= 0.3 is 0 Å². The summed E-state index contributed by atoms with van der Waals surface area (Å²) in [6.45, 7) is 9.82. The van der Waals surface area contributed by atoms with Gasteiger partial charge in [-0.3, -0.25) is 0 Å². The minimum atomic E-state index is -0.0741. The molecule has 1 rings (SSSR count). The summed E-state index contributed by atoms with van der Waals surface area (Å²) in [6, 6.07) is 0. The van der Waals surface area contributed by atoms with Crippen molar-refractivity contribution in [2.75, 3.05) is 6.61 Å². The molecule has 1 heterocycles. The monoisotopic (exact) mass is 190 g/mol. The Bertz CT molecular complexity index is 146. The van der Waals surface area contributed by atoms with Crippen LogP contribution in [0.2, 0.25) is 0 Å². The third kappa shape index (κ3) is 1.77. The van der Waals surface area contributed by atoms with Crippen LogP contribution in [0, 0.1) is 17.3 Å². The van der Waals surface area contributed by atoms with Crippen LogP contribution >= 0.6 is 11.6 Å². The highest BCUT2D eigenvalue weighted by atomic mass is 35.5. The number of ether oxygens (including phenoxy) is 1. The summed E-state index contributed by atoms with van der Waals surface area (Å²) >= 11 is 6.11. The van der Waals surface area contributed by atoms with Crippen molar-refractivity contribution in [3.63, 3.8) is 0 Å². The van der Waals surface area contributed by atoms with Crippen LogP contribution < -0.4 is 0 Å². The second-order valence-corrected chi connectivity index (χ2v) is 4.96. The molecular weight excluding hydrogens is 172 g/mol. The zero-order valence-electron chi connectivity index (χ0n) is 8.43. The molecule has 3 unspecified atom stereocenters. The number of alkyl halides is 1. The maximum atomic E-state index is 6.11. The van der Waals surface area contributed by atoms with E-state index >= 15 is 0 Å². The molecule has 1 aliphatic rings. The van der Waals surface area contributed by atoms with Crippen LogP contribution in [0.1, 0.15) is 34.1 Å². The van der Waals surface area contributed by atoms with E-state index in [0.717, 1.165) is 13.0 Å². The Kier molecular flexibility index (Phi) is 3.06. The van der Waals surface area contributed by atoms with Crippen LogP contribution in [0.4, 0.5) is 0 Å². The summed E-state index contributed by atoms with van der Waals surface area (Å²) in [5, 5.41) is 0. The minimum Gasteiger partial charge on any atom is -0.362 e. The molecule has 0 saturated carbocycles. The first-order chi connectivity index (χ1) is 5.49. The lowest BCUT2D eigenvalue weighted by molar-refractivity contribution is 0.106. The van der Waals surface area contributed by atoms with Gasteiger partial charge in [-0.25, -0.2) is 0 Å². The molecule has 1 aliphatic heterocycles. The summed E-state index contributed by atoms with van der Waals surface area (Å²) in [5.41, 5.74) is 0.234. The van der Waals surface area contributed by atoms with E-state index in [1.54, 1.807) is 0 Å². The lowest BCUT2D eigenvalue weighted by Crippen LogP contribution is -2.31. The van der Waals surface area contributed by atoms with E-state index in [2.05, 4.69) is 27.7 Å². The van der Waals surface area contributed by atoms with Crippen LogP contribution in [0.25, 0.3) is 0 Å². The second kappa shape index (κ2) is 3.55. The first-order valence-corrected chi connectivity index (χ1v) is 5.18. The Balaban J connectivity index is 2.71. The standard InChI is InChI=1S/C10H19ClO/c1-5-10(3,4)8-7(2)6-12-9(8)11/h7-9H,5-6H2,1-4H3. The van der Waals surface area contributed by atoms with Crippen LogP contribution in [0.5, 0.6) is 0 Å². The van der Waals surface area contributed by atoms with Crippen LogP contribution in [-0.4, -0.2) is 12.2 Å². The van der Waals surface area contributed by atoms with Gasteiger partial charge in [-0.1, -0.05) is 45.7 Å². The largest absolute Gasteiger partial charge is 0.362 e. The molecule has 3 atom stereocenters. The third-order valence-electron chi connectivity index (χ3n) is 3.23. The highest BCUT2D eigenvalue weighted by Crippen LogP contribution is 2.44. The Hall–Kier alpha value is 0.250. The van der Waals surface area contributed by atoms with Crippen LogP contribution in [0.3, 0.4) is 0 Å². The summed E-state index contributed by atoms with van der Waals surface area (Å²) in [4.78, 5) is 0. The summed E-state index contributed by atoms with van der Waals surface area (Å²) in [6.07, 6.45) is 1.16. The number of halogens is 1. The van der Waals surface area contributed by atoms with E-state index in [9.17, 15) is 0 Å². The molecule has 0 radical (unpaired) electrons. The van der Waals surface area contributed by atoms with E-state index in [-0.39, 0.29) is 5.56 Å². The van der Waals surface area contributed by atoms with E-state index in [1.807, 2.05) is 0 Å². The molecule has 0 bridgehead atoms. The van der Waals surface area contributed by atoms with E-state index < -0.39 is 0 Å². The zero-order valence-corrected chi connectivity index (χ0v) is 9.19. The minimum absolute atomic E-state index is 0.0741. The maximum absolute atomic E-state index is 6.11. The molecule has 1 fully saturated rings. The molecule has 0 N–H and O–H groups in total. The maximum Gasteiger partial charge on any atom is 0.134 e. The van der Waals surface area contributed by atoms with Gasteiger partial charge in [0.25, 0.3) is 0 Å². The second-order valence-electron chi connectivity index (χ2n) is 4.53. The highest BCUT2D eigenvalue weighted by molar-refractivity contribution is 6.20. The Morgan fingerprint density at radius 1 is 1.50 bits per heavy atom. The summed E-state index contributed by atoms with van der Waals surface area (Å²) in [7, 11) is 0. The highest BCUT2D eigenvalue weighted by Gasteiger charge is 2.42. The number of hydrogen-bond donors (Lipinski definition) is 0. The van der Waals surface area contributed by atoms with Gasteiger partial charge in [0.2, 0.25) is 0 Å². The molecule has 0 spiro atoms. The fourth-order valence-corrected chi connectivity index (χ4v) is 2.73. The van der Waals surface area contributed by atoms with Crippen molar-refractivity contribution in [3.8, 4) is 0 Å². The SMILES string of the molecule is CCC(C)(C)C1C(C)COC1Cl. The van der Waals surface area contributed by atoms with Crippen molar-refractivity contribution >= 4 is 11.6 Å². The van der Waals surface area contributed by atoms with Gasteiger partial charge in [-0.15, -0.1) is 0 Å².